The van der Waals surface area contributed by atoms with E-state index in [0.717, 1.165) is 0 Å². The number of carbonyl (C=O) groups excluding carboxylic acids is 3. The highest BCUT2D eigenvalue weighted by Gasteiger charge is 2.33. The Bertz CT molecular complexity index is 681. The molecule has 0 bridgehead atoms. The van der Waals surface area contributed by atoms with Gasteiger partial charge in [-0.05, 0) is 31.6 Å². The molecule has 3 amide bonds. The van der Waals surface area contributed by atoms with E-state index in [1.807, 2.05) is 0 Å². The molecular formula is C20H36N4O8. The molecule has 184 valence electrons. The van der Waals surface area contributed by atoms with Gasteiger partial charge in [0.1, 0.15) is 12.1 Å². The first-order valence-electron chi connectivity index (χ1n) is 10.5. The zero-order valence-corrected chi connectivity index (χ0v) is 19.1. The summed E-state index contributed by atoms with van der Waals surface area (Å²) in [5.74, 6) is -5.13. The van der Waals surface area contributed by atoms with Crippen molar-refractivity contribution in [2.24, 2.45) is 17.6 Å². The van der Waals surface area contributed by atoms with Gasteiger partial charge in [-0.25, -0.2) is 4.79 Å². The second-order valence-corrected chi connectivity index (χ2v) is 8.53. The molecule has 12 nitrogen and oxygen atoms in total. The standard InChI is InChI=1S/C20H36N4O8/c1-9(2)8-13(18(29)24-16(11(5)25)20(31)32)22-19(30)15(10(3)4)23-17(28)12(21)6-7-14(26)27/h9-13,15-16,25H,6-8,21H2,1-5H3,(H,22,30)(H,23,28)(H,24,29)(H,26,27)(H,31,32). The smallest absolute Gasteiger partial charge is 0.328 e. The van der Waals surface area contributed by atoms with Gasteiger partial charge < -0.3 is 37.0 Å². The maximum absolute atomic E-state index is 12.9. The Morgan fingerprint density at radius 2 is 1.34 bits per heavy atom. The van der Waals surface area contributed by atoms with Crippen LogP contribution in [0.15, 0.2) is 0 Å². The molecule has 0 spiro atoms. The van der Waals surface area contributed by atoms with Crippen LogP contribution in [0.2, 0.25) is 0 Å². The number of aliphatic carboxylic acids is 2. The van der Waals surface area contributed by atoms with E-state index >= 15 is 0 Å². The predicted molar refractivity (Wildman–Crippen MR) is 114 cm³/mol. The lowest BCUT2D eigenvalue weighted by molar-refractivity contribution is -0.145. The Hall–Kier alpha value is -2.73. The second kappa shape index (κ2) is 13.6. The molecule has 0 aliphatic rings. The summed E-state index contributed by atoms with van der Waals surface area (Å²) in [7, 11) is 0. The molecule has 5 unspecified atom stereocenters. The first-order chi connectivity index (χ1) is 14.7. The average molecular weight is 461 g/mol. The van der Waals surface area contributed by atoms with Crippen LogP contribution in [0.25, 0.3) is 0 Å². The Morgan fingerprint density at radius 3 is 1.75 bits per heavy atom. The Balaban J connectivity index is 5.39. The molecule has 8 N–H and O–H groups in total. The SMILES string of the molecule is CC(C)CC(NC(=O)C(NC(=O)C(N)CCC(=O)O)C(C)C)C(=O)NC(C(=O)O)C(C)O. The van der Waals surface area contributed by atoms with E-state index < -0.39 is 65.8 Å². The van der Waals surface area contributed by atoms with Crippen molar-refractivity contribution in [3.05, 3.63) is 0 Å². The predicted octanol–water partition coefficient (Wildman–Crippen LogP) is -1.20. The van der Waals surface area contributed by atoms with E-state index in [4.69, 9.17) is 10.8 Å². The summed E-state index contributed by atoms with van der Waals surface area (Å²) in [6.45, 7) is 8.16. The van der Waals surface area contributed by atoms with Crippen LogP contribution in [0.4, 0.5) is 0 Å². The van der Waals surface area contributed by atoms with Crippen molar-refractivity contribution in [3.8, 4) is 0 Å². The summed E-state index contributed by atoms with van der Waals surface area (Å²) in [6.07, 6.45) is -1.60. The van der Waals surface area contributed by atoms with Crippen LogP contribution < -0.4 is 21.7 Å². The van der Waals surface area contributed by atoms with Gasteiger partial charge in [-0.15, -0.1) is 0 Å². The van der Waals surface area contributed by atoms with Crippen LogP contribution in [-0.4, -0.2) is 75.3 Å². The van der Waals surface area contributed by atoms with Crippen LogP contribution in [0.1, 0.15) is 53.9 Å². The number of nitrogens with two attached hydrogens (primary N) is 1. The average Bonchev–Trinajstić information content (AvgIpc) is 2.65. The lowest BCUT2D eigenvalue weighted by Crippen LogP contribution is -2.59. The monoisotopic (exact) mass is 460 g/mol. The Kier molecular flexibility index (Phi) is 12.5. The first kappa shape index (κ1) is 29.3. The minimum absolute atomic E-state index is 0.0441. The molecule has 0 rings (SSSR count). The third-order valence-electron chi connectivity index (χ3n) is 4.64. The van der Waals surface area contributed by atoms with Crippen molar-refractivity contribution in [3.63, 3.8) is 0 Å². The highest BCUT2D eigenvalue weighted by atomic mass is 16.4. The lowest BCUT2D eigenvalue weighted by Gasteiger charge is -2.28. The summed E-state index contributed by atoms with van der Waals surface area (Å²) < 4.78 is 0. The molecule has 0 radical (unpaired) electrons. The molecule has 12 heteroatoms. The van der Waals surface area contributed by atoms with Crippen LogP contribution in [0.3, 0.4) is 0 Å². The molecule has 0 aliphatic carbocycles. The maximum Gasteiger partial charge on any atom is 0.328 e. The molecule has 5 atom stereocenters. The molecule has 0 aromatic heterocycles. The third-order valence-corrected chi connectivity index (χ3v) is 4.64. The van der Waals surface area contributed by atoms with E-state index in [9.17, 15) is 34.2 Å². The molecule has 0 aliphatic heterocycles. The minimum atomic E-state index is -1.55. The van der Waals surface area contributed by atoms with Crippen LogP contribution in [0.5, 0.6) is 0 Å². The number of amides is 3. The van der Waals surface area contributed by atoms with Gasteiger partial charge in [0, 0.05) is 6.42 Å². The van der Waals surface area contributed by atoms with Gasteiger partial charge >= 0.3 is 11.9 Å². The zero-order valence-electron chi connectivity index (χ0n) is 19.1. The number of aliphatic hydroxyl groups excluding tert-OH is 1. The zero-order chi connectivity index (χ0) is 25.2. The Morgan fingerprint density at radius 1 is 0.812 bits per heavy atom. The van der Waals surface area contributed by atoms with Gasteiger partial charge in [-0.1, -0.05) is 27.7 Å². The number of hydrogen-bond acceptors (Lipinski definition) is 7. The fourth-order valence-electron chi connectivity index (χ4n) is 2.81. The van der Waals surface area contributed by atoms with Crippen molar-refractivity contribution in [1.82, 2.24) is 16.0 Å². The van der Waals surface area contributed by atoms with Crippen molar-refractivity contribution < 1.29 is 39.3 Å². The molecular weight excluding hydrogens is 424 g/mol. The summed E-state index contributed by atoms with van der Waals surface area (Å²) in [4.78, 5) is 59.7. The first-order valence-corrected chi connectivity index (χ1v) is 10.5. The van der Waals surface area contributed by atoms with Gasteiger partial charge in [0.25, 0.3) is 0 Å². The van der Waals surface area contributed by atoms with Gasteiger partial charge in [0.05, 0.1) is 12.1 Å². The fourth-order valence-corrected chi connectivity index (χ4v) is 2.81. The number of carboxylic acids is 2. The van der Waals surface area contributed by atoms with Gasteiger partial charge in [0.2, 0.25) is 17.7 Å². The van der Waals surface area contributed by atoms with Crippen molar-refractivity contribution >= 4 is 29.7 Å². The summed E-state index contributed by atoms with van der Waals surface area (Å²) in [6, 6.07) is -4.85. The highest BCUT2D eigenvalue weighted by molar-refractivity contribution is 5.94. The maximum atomic E-state index is 12.9. The van der Waals surface area contributed by atoms with E-state index in [0.29, 0.717) is 0 Å². The number of carbonyl (C=O) groups is 5. The van der Waals surface area contributed by atoms with Gasteiger partial charge in [0.15, 0.2) is 6.04 Å². The molecule has 0 fully saturated rings. The number of rotatable bonds is 14. The van der Waals surface area contributed by atoms with Crippen LogP contribution in [-0.2, 0) is 24.0 Å². The molecule has 0 saturated heterocycles. The van der Waals surface area contributed by atoms with E-state index in [2.05, 4.69) is 16.0 Å². The van der Waals surface area contributed by atoms with Gasteiger partial charge in [-0.2, -0.15) is 0 Å². The molecule has 0 saturated carbocycles. The van der Waals surface area contributed by atoms with E-state index in [1.165, 1.54) is 6.92 Å². The quantitative estimate of drug-likeness (QED) is 0.166. The fraction of sp³-hybridized carbons (Fsp3) is 0.750. The van der Waals surface area contributed by atoms with Crippen molar-refractivity contribution in [2.45, 2.75) is 84.2 Å². The number of hydrogen-bond donors (Lipinski definition) is 7. The van der Waals surface area contributed by atoms with Crippen LogP contribution in [0, 0.1) is 11.8 Å². The summed E-state index contributed by atoms with van der Waals surface area (Å²) >= 11 is 0. The topological polar surface area (TPSA) is 208 Å². The normalized spacial score (nSPS) is 15.9. The number of carboxylic acid groups (broad SMARTS) is 2. The summed E-state index contributed by atoms with van der Waals surface area (Å²) in [5.41, 5.74) is 5.69. The van der Waals surface area contributed by atoms with E-state index in [-0.39, 0.29) is 25.2 Å². The molecule has 0 aromatic carbocycles. The molecule has 0 heterocycles. The number of nitrogens with one attached hydrogen (secondary N) is 3. The third kappa shape index (κ3) is 10.5. The number of aliphatic hydroxyl groups is 1. The summed E-state index contributed by atoms with van der Waals surface area (Å²) in [5, 5.41) is 34.7. The van der Waals surface area contributed by atoms with E-state index in [1.54, 1.807) is 27.7 Å². The minimum Gasteiger partial charge on any atom is -0.481 e. The molecule has 0 aromatic rings. The second-order valence-electron chi connectivity index (χ2n) is 8.53. The lowest BCUT2D eigenvalue weighted by atomic mass is 9.99. The van der Waals surface area contributed by atoms with Gasteiger partial charge in [-0.3, -0.25) is 19.2 Å². The van der Waals surface area contributed by atoms with Crippen molar-refractivity contribution in [2.75, 3.05) is 0 Å². The largest absolute Gasteiger partial charge is 0.481 e. The molecule has 32 heavy (non-hydrogen) atoms. The van der Waals surface area contributed by atoms with Crippen LogP contribution >= 0.6 is 0 Å². The Labute approximate surface area is 187 Å². The highest BCUT2D eigenvalue weighted by Crippen LogP contribution is 2.09. The van der Waals surface area contributed by atoms with Crippen molar-refractivity contribution in [1.29, 1.82) is 0 Å².